The number of ether oxygens (including phenoxy) is 1. The molecule has 0 atom stereocenters. The number of nitriles is 2. The van der Waals surface area contributed by atoms with E-state index in [1.807, 2.05) is 12.1 Å². The predicted octanol–water partition coefficient (Wildman–Crippen LogP) is 0.0183. The third-order valence-electron chi connectivity index (χ3n) is 2.20. The Morgan fingerprint density at radius 1 is 1.17 bits per heavy atom. The van der Waals surface area contributed by atoms with Crippen LogP contribution < -0.4 is 5.32 Å². The minimum Gasteiger partial charge on any atom is -0.340 e. The Labute approximate surface area is 102 Å². The number of nitrogens with zero attached hydrogens (tertiary/aromatic N) is 4. The molecule has 0 amide bonds. The first-order valence-corrected chi connectivity index (χ1v) is 5.09. The highest BCUT2D eigenvalue weighted by molar-refractivity contribution is 4.85. The lowest BCUT2D eigenvalue weighted by Gasteiger charge is -2.41. The van der Waals surface area contributed by atoms with Gasteiger partial charge in [0.2, 0.25) is 0 Å². The average molecular weight is 263 g/mol. The molecule has 1 aliphatic heterocycles. The fourth-order valence-corrected chi connectivity index (χ4v) is 1.55. The highest BCUT2D eigenvalue weighted by Gasteiger charge is 2.35. The SMILES string of the molecule is N#CCN1CNCN(CC#N)C1OCC(F)(F)F. The van der Waals surface area contributed by atoms with Crippen LogP contribution in [0.25, 0.3) is 0 Å². The monoisotopic (exact) mass is 263 g/mol. The number of alkyl halides is 3. The maximum atomic E-state index is 12.1. The molecule has 1 rings (SSSR count). The summed E-state index contributed by atoms with van der Waals surface area (Å²) < 4.78 is 41.1. The molecule has 1 fully saturated rings. The summed E-state index contributed by atoms with van der Waals surface area (Å²) in [6.45, 7) is -1.12. The first kappa shape index (κ1) is 14.7. The number of hydrogen-bond acceptors (Lipinski definition) is 6. The minimum absolute atomic E-state index is 0.0859. The van der Waals surface area contributed by atoms with Crippen molar-refractivity contribution in [2.45, 2.75) is 12.5 Å². The van der Waals surface area contributed by atoms with Gasteiger partial charge in [-0.05, 0) is 0 Å². The van der Waals surface area contributed by atoms with E-state index in [2.05, 4.69) is 5.32 Å². The second kappa shape index (κ2) is 6.52. The van der Waals surface area contributed by atoms with Gasteiger partial charge < -0.3 is 4.74 Å². The van der Waals surface area contributed by atoms with Crippen molar-refractivity contribution in [1.29, 1.82) is 10.5 Å². The summed E-state index contributed by atoms with van der Waals surface area (Å²) in [6.07, 6.45) is -5.46. The van der Waals surface area contributed by atoms with E-state index >= 15 is 0 Å². The highest BCUT2D eigenvalue weighted by Crippen LogP contribution is 2.18. The Bertz CT molecular complexity index is 324. The molecular formula is C9H12F3N5O. The maximum absolute atomic E-state index is 12.1. The molecule has 6 nitrogen and oxygen atoms in total. The lowest BCUT2D eigenvalue weighted by atomic mass is 10.4. The molecule has 1 aliphatic rings. The first-order chi connectivity index (χ1) is 8.48. The molecule has 18 heavy (non-hydrogen) atoms. The standard InChI is InChI=1S/C9H12F3N5O/c10-9(11,12)5-18-8-16(3-1-13)6-15-7-17(8)4-2-14/h8,15H,3-7H2. The van der Waals surface area contributed by atoms with E-state index in [9.17, 15) is 13.2 Å². The quantitative estimate of drug-likeness (QED) is 0.721. The Hall–Kier alpha value is -1.39. The van der Waals surface area contributed by atoms with Gasteiger partial charge in [0.25, 0.3) is 0 Å². The predicted molar refractivity (Wildman–Crippen MR) is 53.3 cm³/mol. The number of hydrogen-bond donors (Lipinski definition) is 1. The number of rotatable bonds is 4. The smallest absolute Gasteiger partial charge is 0.340 e. The third-order valence-corrected chi connectivity index (χ3v) is 2.20. The normalized spacial score (nSPS) is 19.4. The second-order valence-corrected chi connectivity index (χ2v) is 3.63. The Kier molecular flexibility index (Phi) is 5.31. The zero-order valence-electron chi connectivity index (χ0n) is 9.44. The van der Waals surface area contributed by atoms with Crippen LogP contribution in [0.3, 0.4) is 0 Å². The van der Waals surface area contributed by atoms with Gasteiger partial charge in [0.15, 0.2) is 6.35 Å². The van der Waals surface area contributed by atoms with E-state index in [0.717, 1.165) is 0 Å². The summed E-state index contributed by atoms with van der Waals surface area (Å²) in [7, 11) is 0. The van der Waals surface area contributed by atoms with Crippen molar-refractivity contribution in [1.82, 2.24) is 15.1 Å². The molecule has 1 N–H and O–H groups in total. The number of halogens is 3. The van der Waals surface area contributed by atoms with Crippen molar-refractivity contribution in [3.05, 3.63) is 0 Å². The summed E-state index contributed by atoms with van der Waals surface area (Å²) in [5.74, 6) is 0. The average Bonchev–Trinajstić information content (AvgIpc) is 2.28. The van der Waals surface area contributed by atoms with Crippen LogP contribution in [0.5, 0.6) is 0 Å². The van der Waals surface area contributed by atoms with E-state index in [4.69, 9.17) is 15.3 Å². The van der Waals surface area contributed by atoms with Crippen LogP contribution in [0.4, 0.5) is 13.2 Å². The molecule has 1 saturated heterocycles. The molecule has 0 aliphatic carbocycles. The van der Waals surface area contributed by atoms with Gasteiger partial charge in [-0.15, -0.1) is 0 Å². The zero-order chi connectivity index (χ0) is 13.6. The molecule has 1 heterocycles. The van der Waals surface area contributed by atoms with Crippen LogP contribution in [-0.4, -0.2) is 55.4 Å². The molecule has 100 valence electrons. The van der Waals surface area contributed by atoms with E-state index < -0.39 is 19.1 Å². The van der Waals surface area contributed by atoms with Crippen molar-refractivity contribution in [2.24, 2.45) is 0 Å². The van der Waals surface area contributed by atoms with Gasteiger partial charge in [0.05, 0.1) is 38.6 Å². The summed E-state index contributed by atoms with van der Waals surface area (Å²) in [5.41, 5.74) is 0. The van der Waals surface area contributed by atoms with Gasteiger partial charge in [0, 0.05) is 0 Å². The topological polar surface area (TPSA) is 75.3 Å². The second-order valence-electron chi connectivity index (χ2n) is 3.63. The van der Waals surface area contributed by atoms with Crippen LogP contribution in [0.2, 0.25) is 0 Å². The Morgan fingerprint density at radius 2 is 1.67 bits per heavy atom. The van der Waals surface area contributed by atoms with E-state index in [1.54, 1.807) is 0 Å². The lowest BCUT2D eigenvalue weighted by Crippen LogP contribution is -2.61. The minimum atomic E-state index is -4.44. The van der Waals surface area contributed by atoms with Crippen molar-refractivity contribution >= 4 is 0 Å². The van der Waals surface area contributed by atoms with Crippen LogP contribution in [0, 0.1) is 22.7 Å². The lowest BCUT2D eigenvalue weighted by molar-refractivity contribution is -0.241. The van der Waals surface area contributed by atoms with E-state index in [1.165, 1.54) is 9.80 Å². The van der Waals surface area contributed by atoms with E-state index in [-0.39, 0.29) is 26.4 Å². The highest BCUT2D eigenvalue weighted by atomic mass is 19.4. The fraction of sp³-hybridized carbons (Fsp3) is 0.778. The van der Waals surface area contributed by atoms with Gasteiger partial charge in [-0.3, -0.25) is 5.32 Å². The zero-order valence-corrected chi connectivity index (χ0v) is 9.44. The number of nitrogens with one attached hydrogen (secondary N) is 1. The molecule has 0 spiro atoms. The fourth-order valence-electron chi connectivity index (χ4n) is 1.55. The maximum Gasteiger partial charge on any atom is 0.411 e. The van der Waals surface area contributed by atoms with Crippen molar-refractivity contribution in [3.63, 3.8) is 0 Å². The molecule has 0 aromatic rings. The molecule has 0 bridgehead atoms. The molecule has 0 aromatic carbocycles. The van der Waals surface area contributed by atoms with Crippen LogP contribution in [0.15, 0.2) is 0 Å². The summed E-state index contributed by atoms with van der Waals surface area (Å²) in [4.78, 5) is 2.76. The summed E-state index contributed by atoms with van der Waals surface area (Å²) in [5, 5.41) is 20.1. The van der Waals surface area contributed by atoms with Gasteiger partial charge in [-0.2, -0.15) is 23.7 Å². The van der Waals surface area contributed by atoms with Crippen molar-refractivity contribution in [3.8, 4) is 12.1 Å². The van der Waals surface area contributed by atoms with Gasteiger partial charge in [-0.1, -0.05) is 0 Å². The van der Waals surface area contributed by atoms with Gasteiger partial charge >= 0.3 is 6.18 Å². The van der Waals surface area contributed by atoms with E-state index in [0.29, 0.717) is 0 Å². The van der Waals surface area contributed by atoms with Gasteiger partial charge in [0.1, 0.15) is 6.61 Å². The van der Waals surface area contributed by atoms with Crippen LogP contribution in [-0.2, 0) is 4.74 Å². The summed E-state index contributed by atoms with van der Waals surface area (Å²) in [6, 6.07) is 3.68. The van der Waals surface area contributed by atoms with Crippen molar-refractivity contribution < 1.29 is 17.9 Å². The molecule has 0 radical (unpaired) electrons. The molecular weight excluding hydrogens is 251 g/mol. The molecule has 0 saturated carbocycles. The molecule has 9 heteroatoms. The molecule has 0 aromatic heterocycles. The largest absolute Gasteiger partial charge is 0.411 e. The third kappa shape index (κ3) is 4.47. The molecule has 0 unspecified atom stereocenters. The summed E-state index contributed by atoms with van der Waals surface area (Å²) >= 11 is 0. The Balaban J connectivity index is 2.67. The first-order valence-electron chi connectivity index (χ1n) is 5.09. The Morgan fingerprint density at radius 3 is 2.06 bits per heavy atom. The van der Waals surface area contributed by atoms with Gasteiger partial charge in [-0.25, -0.2) is 9.80 Å². The van der Waals surface area contributed by atoms with Crippen LogP contribution in [0.1, 0.15) is 0 Å². The van der Waals surface area contributed by atoms with Crippen LogP contribution >= 0.6 is 0 Å². The van der Waals surface area contributed by atoms with Crippen molar-refractivity contribution in [2.75, 3.05) is 33.0 Å².